The predicted molar refractivity (Wildman–Crippen MR) is 69.1 cm³/mol. The van der Waals surface area contributed by atoms with E-state index in [1.54, 1.807) is 12.3 Å². The lowest BCUT2D eigenvalue weighted by Crippen LogP contribution is -2.41. The van der Waals surface area contributed by atoms with E-state index in [0.29, 0.717) is 18.3 Å². The number of amides is 1. The Morgan fingerprint density at radius 3 is 2.84 bits per heavy atom. The van der Waals surface area contributed by atoms with Crippen molar-refractivity contribution in [1.29, 1.82) is 0 Å². The molecule has 6 heteroatoms. The first-order valence-corrected chi connectivity index (χ1v) is 6.54. The molecule has 1 fully saturated rings. The van der Waals surface area contributed by atoms with Crippen LogP contribution in [-0.4, -0.2) is 47.1 Å². The first-order chi connectivity index (χ1) is 9.22. The summed E-state index contributed by atoms with van der Waals surface area (Å²) in [5.41, 5.74) is 0. The molecular formula is C13H19N3O3. The van der Waals surface area contributed by atoms with Crippen LogP contribution in [0.3, 0.4) is 0 Å². The monoisotopic (exact) mass is 265 g/mol. The number of nitrogens with zero attached hydrogens (tertiary/aromatic N) is 3. The Morgan fingerprint density at radius 2 is 2.21 bits per heavy atom. The summed E-state index contributed by atoms with van der Waals surface area (Å²) < 4.78 is 10.7. The summed E-state index contributed by atoms with van der Waals surface area (Å²) in [5, 5.41) is 0. The quantitative estimate of drug-likeness (QED) is 0.820. The second-order valence-corrected chi connectivity index (χ2v) is 4.43. The second-order valence-electron chi connectivity index (χ2n) is 4.43. The summed E-state index contributed by atoms with van der Waals surface area (Å²) >= 11 is 0. The number of carbonyl (C=O) groups excluding carboxylic acids is 1. The molecule has 1 saturated heterocycles. The zero-order valence-corrected chi connectivity index (χ0v) is 11.3. The van der Waals surface area contributed by atoms with Gasteiger partial charge in [0.15, 0.2) is 0 Å². The minimum Gasteiger partial charge on any atom is -0.474 e. The number of ether oxygens (including phenoxy) is 2. The van der Waals surface area contributed by atoms with Crippen LogP contribution in [0.25, 0.3) is 0 Å². The van der Waals surface area contributed by atoms with E-state index in [1.807, 2.05) is 11.8 Å². The summed E-state index contributed by atoms with van der Waals surface area (Å²) in [6.07, 6.45) is 3.93. The van der Waals surface area contributed by atoms with Gasteiger partial charge in [0.1, 0.15) is 6.10 Å². The Hall–Kier alpha value is -1.85. The van der Waals surface area contributed by atoms with Crippen molar-refractivity contribution in [1.82, 2.24) is 14.9 Å². The molecule has 0 radical (unpaired) electrons. The Bertz CT molecular complexity index is 431. The van der Waals surface area contributed by atoms with Gasteiger partial charge in [-0.3, -0.25) is 4.79 Å². The van der Waals surface area contributed by atoms with Crippen molar-refractivity contribution in [3.63, 3.8) is 0 Å². The van der Waals surface area contributed by atoms with Gasteiger partial charge in [0, 0.05) is 44.6 Å². The average Bonchev–Trinajstić information content (AvgIpc) is 2.47. The van der Waals surface area contributed by atoms with E-state index in [0.717, 1.165) is 25.9 Å². The normalized spacial score (nSPS) is 16.2. The van der Waals surface area contributed by atoms with Crippen molar-refractivity contribution in [2.24, 2.45) is 0 Å². The highest BCUT2D eigenvalue weighted by Gasteiger charge is 2.23. The van der Waals surface area contributed by atoms with Crippen LogP contribution in [0.1, 0.15) is 26.2 Å². The van der Waals surface area contributed by atoms with Gasteiger partial charge >= 0.3 is 6.01 Å². The summed E-state index contributed by atoms with van der Waals surface area (Å²) in [6, 6.07) is 2.02. The summed E-state index contributed by atoms with van der Waals surface area (Å²) in [4.78, 5) is 21.5. The topological polar surface area (TPSA) is 64.6 Å². The van der Waals surface area contributed by atoms with Crippen LogP contribution >= 0.6 is 0 Å². The van der Waals surface area contributed by atoms with Crippen LogP contribution in [0.2, 0.25) is 0 Å². The van der Waals surface area contributed by atoms with Crippen LogP contribution in [0.5, 0.6) is 11.9 Å². The van der Waals surface area contributed by atoms with Crippen molar-refractivity contribution < 1.29 is 14.3 Å². The maximum Gasteiger partial charge on any atom is 0.319 e. The second kappa shape index (κ2) is 6.36. The molecule has 6 nitrogen and oxygen atoms in total. The van der Waals surface area contributed by atoms with Crippen molar-refractivity contribution in [2.45, 2.75) is 32.3 Å². The first kappa shape index (κ1) is 13.6. The van der Waals surface area contributed by atoms with E-state index < -0.39 is 0 Å². The van der Waals surface area contributed by atoms with Gasteiger partial charge in [-0.25, -0.2) is 4.98 Å². The van der Waals surface area contributed by atoms with Crippen molar-refractivity contribution in [3.05, 3.63) is 12.3 Å². The van der Waals surface area contributed by atoms with E-state index in [-0.39, 0.29) is 12.0 Å². The summed E-state index contributed by atoms with van der Waals surface area (Å²) in [5.74, 6) is 0.731. The third-order valence-electron chi connectivity index (χ3n) is 3.18. The van der Waals surface area contributed by atoms with Crippen LogP contribution in [0.4, 0.5) is 0 Å². The molecule has 0 unspecified atom stereocenters. The third-order valence-corrected chi connectivity index (χ3v) is 3.18. The van der Waals surface area contributed by atoms with Gasteiger partial charge in [-0.15, -0.1) is 0 Å². The number of methoxy groups -OCH3 is 1. The van der Waals surface area contributed by atoms with Crippen LogP contribution in [-0.2, 0) is 4.79 Å². The lowest BCUT2D eigenvalue weighted by Gasteiger charge is -2.31. The maximum atomic E-state index is 11.6. The minimum absolute atomic E-state index is 0.0977. The fraction of sp³-hybridized carbons (Fsp3) is 0.615. The van der Waals surface area contributed by atoms with Gasteiger partial charge in [-0.2, -0.15) is 4.98 Å². The average molecular weight is 265 g/mol. The molecule has 1 aliphatic rings. The molecule has 0 atom stereocenters. The van der Waals surface area contributed by atoms with Gasteiger partial charge in [0.05, 0.1) is 7.11 Å². The highest BCUT2D eigenvalue weighted by Crippen LogP contribution is 2.18. The zero-order valence-electron chi connectivity index (χ0n) is 11.3. The lowest BCUT2D eigenvalue weighted by atomic mass is 10.1. The number of hydrogen-bond acceptors (Lipinski definition) is 5. The SMILES string of the molecule is CCC(=O)N1CCC(Oc2ccnc(OC)n2)CC1. The van der Waals surface area contributed by atoms with Gasteiger partial charge in [0.25, 0.3) is 0 Å². The Balaban J connectivity index is 1.86. The highest BCUT2D eigenvalue weighted by atomic mass is 16.5. The Labute approximate surface area is 112 Å². The van der Waals surface area contributed by atoms with E-state index >= 15 is 0 Å². The van der Waals surface area contributed by atoms with E-state index in [4.69, 9.17) is 9.47 Å². The molecule has 2 rings (SSSR count). The number of rotatable bonds is 4. The molecule has 0 bridgehead atoms. The van der Waals surface area contributed by atoms with Crippen molar-refractivity contribution >= 4 is 5.91 Å². The number of aromatic nitrogens is 2. The Morgan fingerprint density at radius 1 is 1.47 bits per heavy atom. The van der Waals surface area contributed by atoms with E-state index in [2.05, 4.69) is 9.97 Å². The van der Waals surface area contributed by atoms with Gasteiger partial charge < -0.3 is 14.4 Å². The number of likely N-dealkylation sites (tertiary alicyclic amines) is 1. The van der Waals surface area contributed by atoms with Gasteiger partial charge in [-0.05, 0) is 0 Å². The molecule has 0 spiro atoms. The molecule has 0 aromatic carbocycles. The lowest BCUT2D eigenvalue weighted by molar-refractivity contribution is -0.132. The molecule has 0 aliphatic carbocycles. The Kier molecular flexibility index (Phi) is 4.54. The molecule has 1 aromatic rings. The van der Waals surface area contributed by atoms with Crippen LogP contribution < -0.4 is 9.47 Å². The van der Waals surface area contributed by atoms with Crippen molar-refractivity contribution in [3.8, 4) is 11.9 Å². The maximum absolute atomic E-state index is 11.6. The number of carbonyl (C=O) groups is 1. The molecule has 0 saturated carbocycles. The van der Waals surface area contributed by atoms with E-state index in [9.17, 15) is 4.79 Å². The standard InChI is InChI=1S/C13H19N3O3/c1-3-12(17)16-8-5-10(6-9-16)19-11-4-7-14-13(15-11)18-2/h4,7,10H,3,5-6,8-9H2,1-2H3. The smallest absolute Gasteiger partial charge is 0.319 e. The third kappa shape index (κ3) is 3.56. The predicted octanol–water partition coefficient (Wildman–Crippen LogP) is 1.27. The summed E-state index contributed by atoms with van der Waals surface area (Å²) in [7, 11) is 1.52. The van der Waals surface area contributed by atoms with Crippen molar-refractivity contribution in [2.75, 3.05) is 20.2 Å². The van der Waals surface area contributed by atoms with E-state index in [1.165, 1.54) is 7.11 Å². The minimum atomic E-state index is 0.0977. The molecule has 1 aromatic heterocycles. The van der Waals surface area contributed by atoms with Crippen LogP contribution in [0, 0.1) is 0 Å². The van der Waals surface area contributed by atoms with Crippen LogP contribution in [0.15, 0.2) is 12.3 Å². The molecule has 1 amide bonds. The molecular weight excluding hydrogens is 246 g/mol. The molecule has 2 heterocycles. The number of hydrogen-bond donors (Lipinski definition) is 0. The molecule has 1 aliphatic heterocycles. The zero-order chi connectivity index (χ0) is 13.7. The highest BCUT2D eigenvalue weighted by molar-refractivity contribution is 5.75. The number of piperidine rings is 1. The molecule has 19 heavy (non-hydrogen) atoms. The fourth-order valence-corrected chi connectivity index (χ4v) is 2.11. The first-order valence-electron chi connectivity index (χ1n) is 6.54. The summed E-state index contributed by atoms with van der Waals surface area (Å²) in [6.45, 7) is 3.39. The van der Waals surface area contributed by atoms with Gasteiger partial charge in [-0.1, -0.05) is 6.92 Å². The molecule has 104 valence electrons. The fourth-order valence-electron chi connectivity index (χ4n) is 2.11. The molecule has 0 N–H and O–H groups in total. The largest absolute Gasteiger partial charge is 0.474 e. The van der Waals surface area contributed by atoms with Gasteiger partial charge in [0.2, 0.25) is 11.8 Å².